The molecule has 3 nitrogen and oxygen atoms in total. The Balaban J connectivity index is 1.95. The monoisotopic (exact) mass is 336 g/mol. The second-order valence-electron chi connectivity index (χ2n) is 4.69. The van der Waals surface area contributed by atoms with Gasteiger partial charge in [0.25, 0.3) is 0 Å². The number of halogens is 1. The lowest BCUT2D eigenvalue weighted by Gasteiger charge is -2.24. The first-order chi connectivity index (χ1) is 9.15. The highest BCUT2D eigenvalue weighted by atomic mass is 79.9. The zero-order valence-corrected chi connectivity index (χ0v) is 12.8. The second-order valence-corrected chi connectivity index (χ2v) is 5.87. The summed E-state index contributed by atoms with van der Waals surface area (Å²) in [6, 6.07) is 8.14. The number of hydrogen-bond donors (Lipinski definition) is 1. The Morgan fingerprint density at radius 2 is 2.21 bits per heavy atom. The SMILES string of the molecule is Cc1[nH]c(C2COc3ccccc3C2)nc(=S)c1Br. The summed E-state index contributed by atoms with van der Waals surface area (Å²) in [5.74, 6) is 2.11. The average molecular weight is 337 g/mol. The third-order valence-electron chi connectivity index (χ3n) is 3.32. The number of aromatic nitrogens is 2. The van der Waals surface area contributed by atoms with Crippen LogP contribution in [0.3, 0.4) is 0 Å². The molecule has 0 radical (unpaired) electrons. The molecule has 0 amide bonds. The number of para-hydroxylation sites is 1. The van der Waals surface area contributed by atoms with Gasteiger partial charge in [0, 0.05) is 5.69 Å². The lowest BCUT2D eigenvalue weighted by atomic mass is 9.96. The maximum atomic E-state index is 5.79. The number of benzene rings is 1. The summed E-state index contributed by atoms with van der Waals surface area (Å²) >= 11 is 8.69. The fraction of sp³-hybridized carbons (Fsp3) is 0.286. The van der Waals surface area contributed by atoms with Crippen molar-refractivity contribution in [3.8, 4) is 5.75 Å². The number of hydrogen-bond acceptors (Lipinski definition) is 3. The minimum Gasteiger partial charge on any atom is -0.493 e. The van der Waals surface area contributed by atoms with Gasteiger partial charge in [0.15, 0.2) is 0 Å². The summed E-state index contributed by atoms with van der Waals surface area (Å²) in [5, 5.41) is 0. The largest absolute Gasteiger partial charge is 0.493 e. The second kappa shape index (κ2) is 5.06. The number of ether oxygens (including phenoxy) is 1. The van der Waals surface area contributed by atoms with E-state index in [9.17, 15) is 0 Å². The van der Waals surface area contributed by atoms with E-state index in [1.165, 1.54) is 5.56 Å². The maximum absolute atomic E-state index is 5.79. The molecule has 2 heterocycles. The molecule has 5 heteroatoms. The minimum atomic E-state index is 0.225. The first kappa shape index (κ1) is 12.8. The van der Waals surface area contributed by atoms with Gasteiger partial charge in [-0.2, -0.15) is 0 Å². The third kappa shape index (κ3) is 2.44. The van der Waals surface area contributed by atoms with Gasteiger partial charge in [0.05, 0.1) is 17.0 Å². The summed E-state index contributed by atoms with van der Waals surface area (Å²) in [6.07, 6.45) is 0.926. The normalized spacial score (nSPS) is 17.7. The molecule has 0 bridgehead atoms. The van der Waals surface area contributed by atoms with Crippen molar-refractivity contribution in [2.45, 2.75) is 19.3 Å². The summed E-state index contributed by atoms with van der Waals surface area (Å²) in [6.45, 7) is 2.62. The van der Waals surface area contributed by atoms with Gasteiger partial charge in [-0.15, -0.1) is 0 Å². The van der Waals surface area contributed by atoms with Crippen molar-refractivity contribution >= 4 is 28.1 Å². The van der Waals surface area contributed by atoms with E-state index in [1.807, 2.05) is 25.1 Å². The topological polar surface area (TPSA) is 37.9 Å². The molecule has 1 aromatic carbocycles. The lowest BCUT2D eigenvalue weighted by Crippen LogP contribution is -2.21. The van der Waals surface area contributed by atoms with E-state index in [-0.39, 0.29) is 5.92 Å². The molecule has 2 aromatic rings. The Bertz CT molecular complexity index is 683. The zero-order chi connectivity index (χ0) is 13.4. The lowest BCUT2D eigenvalue weighted by molar-refractivity contribution is 0.257. The van der Waals surface area contributed by atoms with Crippen LogP contribution in [-0.4, -0.2) is 16.6 Å². The number of rotatable bonds is 1. The molecule has 1 aliphatic heterocycles. The van der Waals surface area contributed by atoms with Crippen LogP contribution in [0.25, 0.3) is 0 Å². The van der Waals surface area contributed by atoms with Crippen LogP contribution in [0.1, 0.15) is 23.0 Å². The van der Waals surface area contributed by atoms with Crippen molar-refractivity contribution in [2.24, 2.45) is 0 Å². The predicted molar refractivity (Wildman–Crippen MR) is 80.2 cm³/mol. The zero-order valence-electron chi connectivity index (χ0n) is 10.4. The number of aryl methyl sites for hydroxylation is 1. The van der Waals surface area contributed by atoms with E-state index in [2.05, 4.69) is 32.0 Å². The Morgan fingerprint density at radius 3 is 3.00 bits per heavy atom. The standard InChI is InChI=1S/C14H13BrN2OS/c1-8-12(15)14(19)17-13(16-8)10-6-9-4-2-3-5-11(9)18-7-10/h2-5,10H,6-7H2,1H3,(H,16,17,19). The minimum absolute atomic E-state index is 0.225. The molecule has 0 saturated carbocycles. The van der Waals surface area contributed by atoms with Gasteiger partial charge in [-0.25, -0.2) is 4.98 Å². The summed E-state index contributed by atoms with van der Waals surface area (Å²) < 4.78 is 7.26. The van der Waals surface area contributed by atoms with Crippen LogP contribution in [0.4, 0.5) is 0 Å². The number of nitrogens with one attached hydrogen (secondary N) is 1. The van der Waals surface area contributed by atoms with Crippen molar-refractivity contribution in [1.82, 2.24) is 9.97 Å². The van der Waals surface area contributed by atoms with Gasteiger partial charge in [-0.1, -0.05) is 30.4 Å². The molecule has 1 atom stereocenters. The smallest absolute Gasteiger partial charge is 0.144 e. The molecule has 0 fully saturated rings. The fourth-order valence-electron chi connectivity index (χ4n) is 2.29. The molecule has 98 valence electrons. The van der Waals surface area contributed by atoms with Crippen molar-refractivity contribution in [2.75, 3.05) is 6.61 Å². The van der Waals surface area contributed by atoms with Crippen molar-refractivity contribution in [3.63, 3.8) is 0 Å². The molecule has 0 spiro atoms. The van der Waals surface area contributed by atoms with Crippen LogP contribution >= 0.6 is 28.1 Å². The Kier molecular flexibility index (Phi) is 3.41. The highest BCUT2D eigenvalue weighted by Gasteiger charge is 2.23. The van der Waals surface area contributed by atoms with Crippen LogP contribution in [0.2, 0.25) is 0 Å². The Hall–Kier alpha value is -1.20. The molecule has 1 aromatic heterocycles. The Labute approximate surface area is 125 Å². The van der Waals surface area contributed by atoms with E-state index in [1.54, 1.807) is 0 Å². The molecule has 3 rings (SSSR count). The quantitative estimate of drug-likeness (QED) is 0.802. The fourth-order valence-corrected chi connectivity index (χ4v) is 2.73. The molecule has 1 unspecified atom stereocenters. The molecule has 1 N–H and O–H groups in total. The van der Waals surface area contributed by atoms with E-state index in [4.69, 9.17) is 17.0 Å². The number of nitrogens with zero attached hydrogens (tertiary/aromatic N) is 1. The summed E-state index contributed by atoms with van der Waals surface area (Å²) in [4.78, 5) is 7.77. The van der Waals surface area contributed by atoms with Crippen molar-refractivity contribution < 1.29 is 4.74 Å². The van der Waals surface area contributed by atoms with E-state index in [0.29, 0.717) is 11.2 Å². The first-order valence-corrected chi connectivity index (χ1v) is 7.32. The molecule has 0 aliphatic carbocycles. The van der Waals surface area contributed by atoms with Gasteiger partial charge in [-0.05, 0) is 40.9 Å². The molecular formula is C14H13BrN2OS. The number of fused-ring (bicyclic) bond motifs is 1. The molecule has 0 saturated heterocycles. The van der Waals surface area contributed by atoms with Crippen LogP contribution in [0, 0.1) is 11.6 Å². The predicted octanol–water partition coefficient (Wildman–Crippen LogP) is 3.93. The van der Waals surface area contributed by atoms with Crippen molar-refractivity contribution in [1.29, 1.82) is 0 Å². The van der Waals surface area contributed by atoms with E-state index in [0.717, 1.165) is 28.2 Å². The third-order valence-corrected chi connectivity index (χ3v) is 4.85. The Morgan fingerprint density at radius 1 is 1.42 bits per heavy atom. The number of H-pyrrole nitrogens is 1. The summed E-state index contributed by atoms with van der Waals surface area (Å²) in [7, 11) is 0. The van der Waals surface area contributed by atoms with Gasteiger partial charge in [-0.3, -0.25) is 0 Å². The summed E-state index contributed by atoms with van der Waals surface area (Å²) in [5.41, 5.74) is 2.23. The van der Waals surface area contributed by atoms with Crippen molar-refractivity contribution in [3.05, 3.63) is 50.5 Å². The van der Waals surface area contributed by atoms with Gasteiger partial charge in [0.1, 0.15) is 16.2 Å². The van der Waals surface area contributed by atoms with Crippen LogP contribution < -0.4 is 4.74 Å². The van der Waals surface area contributed by atoms with Crippen LogP contribution in [-0.2, 0) is 6.42 Å². The number of aromatic amines is 1. The van der Waals surface area contributed by atoms with E-state index < -0.39 is 0 Å². The maximum Gasteiger partial charge on any atom is 0.144 e. The van der Waals surface area contributed by atoms with Gasteiger partial charge >= 0.3 is 0 Å². The van der Waals surface area contributed by atoms with Gasteiger partial charge < -0.3 is 9.72 Å². The van der Waals surface area contributed by atoms with Gasteiger partial charge in [0.2, 0.25) is 0 Å². The molecule has 1 aliphatic rings. The van der Waals surface area contributed by atoms with E-state index >= 15 is 0 Å². The highest BCUT2D eigenvalue weighted by molar-refractivity contribution is 9.10. The average Bonchev–Trinajstić information content (AvgIpc) is 2.43. The molecule has 19 heavy (non-hydrogen) atoms. The van der Waals surface area contributed by atoms with Crippen LogP contribution in [0.15, 0.2) is 28.7 Å². The molecular weight excluding hydrogens is 324 g/mol. The van der Waals surface area contributed by atoms with Crippen LogP contribution in [0.5, 0.6) is 5.75 Å². The first-order valence-electron chi connectivity index (χ1n) is 6.12. The highest BCUT2D eigenvalue weighted by Crippen LogP contribution is 2.31.